The van der Waals surface area contributed by atoms with Crippen molar-refractivity contribution in [1.29, 1.82) is 0 Å². The highest BCUT2D eigenvalue weighted by Gasteiger charge is 2.22. The van der Waals surface area contributed by atoms with Crippen molar-refractivity contribution in [2.75, 3.05) is 5.32 Å². The molecular formula is C21H22N6O2. The molecule has 0 bridgehead atoms. The summed E-state index contributed by atoms with van der Waals surface area (Å²) in [6, 6.07) is 16.7. The maximum Gasteiger partial charge on any atom is 0.350 e. The van der Waals surface area contributed by atoms with E-state index in [1.54, 1.807) is 29.1 Å². The number of nitrogens with zero attached hydrogens (tertiary/aromatic N) is 5. The smallest absolute Gasteiger partial charge is 0.309 e. The van der Waals surface area contributed by atoms with Gasteiger partial charge in [0, 0.05) is 17.7 Å². The normalized spacial score (nSPS) is 11.7. The number of fused-ring (bicyclic) bond motifs is 1. The summed E-state index contributed by atoms with van der Waals surface area (Å²) in [6.07, 6.45) is 1.62. The van der Waals surface area contributed by atoms with Gasteiger partial charge in [0.1, 0.15) is 12.4 Å². The molecule has 0 aliphatic heterocycles. The Morgan fingerprint density at radius 2 is 1.76 bits per heavy atom. The zero-order chi connectivity index (χ0) is 20.6. The number of anilines is 1. The monoisotopic (exact) mass is 390 g/mol. The van der Waals surface area contributed by atoms with Crippen LogP contribution < -0.4 is 11.0 Å². The number of carbonyl (C=O) groups excluding carboxylic acids is 1. The van der Waals surface area contributed by atoms with Crippen molar-refractivity contribution in [3.63, 3.8) is 0 Å². The molecule has 1 N–H and O–H groups in total. The van der Waals surface area contributed by atoms with Gasteiger partial charge >= 0.3 is 5.69 Å². The maximum absolute atomic E-state index is 12.7. The first-order chi connectivity index (χ1) is 13.8. The van der Waals surface area contributed by atoms with Gasteiger partial charge < -0.3 is 5.32 Å². The van der Waals surface area contributed by atoms with Crippen LogP contribution in [0.5, 0.6) is 0 Å². The fourth-order valence-electron chi connectivity index (χ4n) is 2.99. The molecule has 0 unspecified atom stereocenters. The fraction of sp³-hybridized carbons (Fsp3) is 0.238. The van der Waals surface area contributed by atoms with E-state index in [1.165, 1.54) is 4.40 Å². The van der Waals surface area contributed by atoms with Crippen LogP contribution in [0, 0.1) is 0 Å². The number of benzene rings is 1. The minimum absolute atomic E-state index is 0.182. The number of carbonyl (C=O) groups is 1. The third-order valence-corrected chi connectivity index (χ3v) is 4.53. The Labute approximate surface area is 167 Å². The molecule has 0 saturated heterocycles. The first kappa shape index (κ1) is 18.7. The Hall–Kier alpha value is -3.68. The third-order valence-electron chi connectivity index (χ3n) is 4.53. The van der Waals surface area contributed by atoms with Gasteiger partial charge in [-0.05, 0) is 24.3 Å². The lowest BCUT2D eigenvalue weighted by Gasteiger charge is -2.14. The number of nitrogens with one attached hydrogen (secondary N) is 1. The van der Waals surface area contributed by atoms with Gasteiger partial charge in [0.25, 0.3) is 0 Å². The lowest BCUT2D eigenvalue weighted by atomic mass is 9.92. The Morgan fingerprint density at radius 3 is 2.45 bits per heavy atom. The molecule has 3 heterocycles. The van der Waals surface area contributed by atoms with Crippen molar-refractivity contribution in [3.05, 3.63) is 77.0 Å². The first-order valence-electron chi connectivity index (χ1n) is 9.33. The van der Waals surface area contributed by atoms with Crippen molar-refractivity contribution in [2.24, 2.45) is 0 Å². The minimum atomic E-state index is -0.359. The molecule has 0 atom stereocenters. The molecule has 4 rings (SSSR count). The van der Waals surface area contributed by atoms with Crippen LogP contribution in [-0.4, -0.2) is 29.9 Å². The van der Waals surface area contributed by atoms with E-state index in [0.717, 1.165) is 16.1 Å². The second kappa shape index (κ2) is 7.05. The van der Waals surface area contributed by atoms with Crippen LogP contribution >= 0.6 is 0 Å². The predicted octanol–water partition coefficient (Wildman–Crippen LogP) is 2.62. The average Bonchev–Trinajstić information content (AvgIpc) is 3.24. The number of aromatic nitrogens is 5. The lowest BCUT2D eigenvalue weighted by Crippen LogP contribution is -2.28. The number of amides is 1. The fourth-order valence-corrected chi connectivity index (χ4v) is 2.99. The van der Waals surface area contributed by atoms with Gasteiger partial charge in [-0.25, -0.2) is 14.2 Å². The van der Waals surface area contributed by atoms with E-state index in [1.807, 2.05) is 36.4 Å². The van der Waals surface area contributed by atoms with E-state index < -0.39 is 0 Å². The van der Waals surface area contributed by atoms with Crippen molar-refractivity contribution in [1.82, 2.24) is 24.0 Å². The summed E-state index contributed by atoms with van der Waals surface area (Å²) in [6.45, 7) is 6.00. The molecule has 0 spiro atoms. The molecule has 1 amide bonds. The summed E-state index contributed by atoms with van der Waals surface area (Å²) in [7, 11) is 0. The van der Waals surface area contributed by atoms with Crippen molar-refractivity contribution >= 4 is 17.4 Å². The number of rotatable bonds is 4. The Balaban J connectivity index is 1.64. The topological polar surface area (TPSA) is 86.2 Å². The van der Waals surface area contributed by atoms with Crippen LogP contribution in [0.4, 0.5) is 5.82 Å². The number of hydrogen-bond donors (Lipinski definition) is 1. The summed E-state index contributed by atoms with van der Waals surface area (Å²) < 4.78 is 4.25. The molecule has 0 fully saturated rings. The van der Waals surface area contributed by atoms with Gasteiger partial charge in [-0.3, -0.25) is 9.20 Å². The summed E-state index contributed by atoms with van der Waals surface area (Å²) in [5.41, 5.74) is 1.64. The number of hydrogen-bond acceptors (Lipinski definition) is 4. The number of pyridine rings is 1. The highest BCUT2D eigenvalue weighted by molar-refractivity contribution is 5.90. The van der Waals surface area contributed by atoms with Gasteiger partial charge in [-0.15, -0.1) is 5.10 Å². The second-order valence-corrected chi connectivity index (χ2v) is 7.83. The summed E-state index contributed by atoms with van der Waals surface area (Å²) >= 11 is 0. The van der Waals surface area contributed by atoms with E-state index in [0.29, 0.717) is 11.5 Å². The molecule has 0 radical (unpaired) electrons. The average molecular weight is 390 g/mol. The highest BCUT2D eigenvalue weighted by Crippen LogP contribution is 2.26. The van der Waals surface area contributed by atoms with Gasteiger partial charge in [-0.2, -0.15) is 5.10 Å². The van der Waals surface area contributed by atoms with Crippen LogP contribution in [0.25, 0.3) is 11.3 Å². The zero-order valence-electron chi connectivity index (χ0n) is 16.5. The molecule has 1 aromatic carbocycles. The van der Waals surface area contributed by atoms with Crippen molar-refractivity contribution in [3.8, 4) is 5.69 Å². The zero-order valence-corrected chi connectivity index (χ0v) is 16.5. The molecule has 29 heavy (non-hydrogen) atoms. The minimum Gasteiger partial charge on any atom is -0.309 e. The van der Waals surface area contributed by atoms with Crippen molar-refractivity contribution in [2.45, 2.75) is 32.7 Å². The largest absolute Gasteiger partial charge is 0.350 e. The molecule has 148 valence electrons. The first-order valence-corrected chi connectivity index (χ1v) is 9.33. The lowest BCUT2D eigenvalue weighted by molar-refractivity contribution is -0.117. The van der Waals surface area contributed by atoms with Crippen LogP contribution in [0.1, 0.15) is 26.5 Å². The standard InChI is InChI=1S/C21H22N6O2/c1-21(2,3)16-13-18(27(23-16)15-9-5-4-6-10-15)22-19(28)14-26-20(29)25-12-8-7-11-17(25)24-26/h4-13H,14H2,1-3H3,(H,22,28). The van der Waals surface area contributed by atoms with E-state index in [9.17, 15) is 9.59 Å². The van der Waals surface area contributed by atoms with Gasteiger partial charge in [0.05, 0.1) is 11.4 Å². The van der Waals surface area contributed by atoms with E-state index >= 15 is 0 Å². The van der Waals surface area contributed by atoms with E-state index in [4.69, 9.17) is 0 Å². The summed E-state index contributed by atoms with van der Waals surface area (Å²) in [5, 5.41) is 11.8. The van der Waals surface area contributed by atoms with Crippen LogP contribution in [0.15, 0.2) is 65.6 Å². The Bertz CT molecular complexity index is 1230. The molecule has 0 aliphatic carbocycles. The maximum atomic E-state index is 12.7. The van der Waals surface area contributed by atoms with E-state index in [-0.39, 0.29) is 23.6 Å². The SMILES string of the molecule is CC(C)(C)c1cc(NC(=O)Cn2nc3ccccn3c2=O)n(-c2ccccc2)n1. The quantitative estimate of drug-likeness (QED) is 0.580. The molecular weight excluding hydrogens is 368 g/mol. The molecule has 4 aromatic rings. The Kier molecular flexibility index (Phi) is 4.54. The van der Waals surface area contributed by atoms with Gasteiger partial charge in [-0.1, -0.05) is 45.0 Å². The molecule has 8 heteroatoms. The van der Waals surface area contributed by atoms with E-state index in [2.05, 4.69) is 36.3 Å². The van der Waals surface area contributed by atoms with Gasteiger partial charge in [0.2, 0.25) is 5.91 Å². The molecule has 8 nitrogen and oxygen atoms in total. The van der Waals surface area contributed by atoms with Crippen LogP contribution in [0.2, 0.25) is 0 Å². The summed E-state index contributed by atoms with van der Waals surface area (Å²) in [4.78, 5) is 25.1. The van der Waals surface area contributed by atoms with Crippen LogP contribution in [0.3, 0.4) is 0 Å². The Morgan fingerprint density at radius 1 is 1.03 bits per heavy atom. The van der Waals surface area contributed by atoms with Gasteiger partial charge in [0.15, 0.2) is 5.65 Å². The second-order valence-electron chi connectivity index (χ2n) is 7.83. The predicted molar refractivity (Wildman–Crippen MR) is 110 cm³/mol. The highest BCUT2D eigenvalue weighted by atomic mass is 16.2. The molecule has 3 aromatic heterocycles. The number of para-hydroxylation sites is 1. The van der Waals surface area contributed by atoms with Crippen LogP contribution in [-0.2, 0) is 16.8 Å². The van der Waals surface area contributed by atoms with Crippen molar-refractivity contribution < 1.29 is 4.79 Å². The molecule has 0 saturated carbocycles. The third kappa shape index (κ3) is 3.69. The molecule has 0 aliphatic rings. The summed E-state index contributed by atoms with van der Waals surface area (Å²) in [5.74, 6) is 0.191.